The number of benzene rings is 1. The highest BCUT2D eigenvalue weighted by molar-refractivity contribution is 7.80. The fourth-order valence-electron chi connectivity index (χ4n) is 2.08. The highest BCUT2D eigenvalue weighted by atomic mass is 35.5. The molecule has 0 unspecified atom stereocenters. The van der Waals surface area contributed by atoms with E-state index in [1.807, 2.05) is 30.3 Å². The fourth-order valence-corrected chi connectivity index (χ4v) is 3.29. The van der Waals surface area contributed by atoms with Crippen LogP contribution in [0.5, 0.6) is 11.5 Å². The molecule has 0 saturated carbocycles. The van der Waals surface area contributed by atoms with E-state index in [-0.39, 0.29) is 6.61 Å². The molecule has 0 aliphatic heterocycles. The van der Waals surface area contributed by atoms with Gasteiger partial charge >= 0.3 is 0 Å². The summed E-state index contributed by atoms with van der Waals surface area (Å²) in [7, 11) is 1.61. The maximum Gasteiger partial charge on any atom is 0.162 e. The maximum absolute atomic E-state index is 5.91. The average Bonchev–Trinajstić information content (AvgIpc) is 3.02. The van der Waals surface area contributed by atoms with Gasteiger partial charge in [-0.2, -0.15) is 0 Å². The Bertz CT molecular complexity index is 737. The molecule has 0 radical (unpaired) electrons. The van der Waals surface area contributed by atoms with E-state index in [0.717, 1.165) is 27.7 Å². The Morgan fingerprint density at radius 2 is 2.17 bits per heavy atom. The van der Waals surface area contributed by atoms with Gasteiger partial charge in [-0.05, 0) is 36.2 Å². The first-order valence-corrected chi connectivity index (χ1v) is 8.96. The zero-order valence-electron chi connectivity index (χ0n) is 13.3. The summed E-state index contributed by atoms with van der Waals surface area (Å²) in [5, 5.41) is 3.26. The van der Waals surface area contributed by atoms with Crippen LogP contribution in [0.4, 0.5) is 0 Å². The molecule has 0 spiro atoms. The van der Waals surface area contributed by atoms with Gasteiger partial charge in [0.1, 0.15) is 6.61 Å². The summed E-state index contributed by atoms with van der Waals surface area (Å²) in [5.74, 6) is 3.76. The Morgan fingerprint density at radius 3 is 2.83 bits per heavy atom. The standard InChI is InChI=1S/C18H18ClNO2S2/c1-3-10-22-15-7-4-13(11-16(15)21-2)5-9-18(23)20-12-14-6-8-17(19)24-14/h1,4,6-8,11H,5,9-10,12H2,2H3,(H,20,23). The van der Waals surface area contributed by atoms with E-state index in [0.29, 0.717) is 18.0 Å². The smallest absolute Gasteiger partial charge is 0.162 e. The molecule has 0 saturated heterocycles. The van der Waals surface area contributed by atoms with Crippen molar-refractivity contribution in [2.75, 3.05) is 13.7 Å². The van der Waals surface area contributed by atoms with Crippen LogP contribution in [0.15, 0.2) is 30.3 Å². The van der Waals surface area contributed by atoms with Gasteiger partial charge in [0.15, 0.2) is 11.5 Å². The van der Waals surface area contributed by atoms with Crippen LogP contribution in [0.3, 0.4) is 0 Å². The van der Waals surface area contributed by atoms with Crippen molar-refractivity contribution in [1.29, 1.82) is 0 Å². The summed E-state index contributed by atoms with van der Waals surface area (Å²) >= 11 is 12.9. The molecule has 1 heterocycles. The first kappa shape index (κ1) is 18.6. The first-order valence-electron chi connectivity index (χ1n) is 7.36. The molecule has 0 aliphatic rings. The van der Waals surface area contributed by atoms with Gasteiger partial charge in [-0.3, -0.25) is 0 Å². The van der Waals surface area contributed by atoms with Gasteiger partial charge < -0.3 is 14.8 Å². The van der Waals surface area contributed by atoms with Crippen molar-refractivity contribution in [3.63, 3.8) is 0 Å². The number of methoxy groups -OCH3 is 1. The van der Waals surface area contributed by atoms with Gasteiger partial charge in [0.25, 0.3) is 0 Å². The van der Waals surface area contributed by atoms with Gasteiger partial charge in [0.05, 0.1) is 16.4 Å². The van der Waals surface area contributed by atoms with E-state index in [2.05, 4.69) is 11.2 Å². The van der Waals surface area contributed by atoms with Crippen molar-refractivity contribution in [2.24, 2.45) is 0 Å². The highest BCUT2D eigenvalue weighted by Gasteiger charge is 2.07. The lowest BCUT2D eigenvalue weighted by Gasteiger charge is -2.11. The molecule has 6 heteroatoms. The zero-order valence-corrected chi connectivity index (χ0v) is 15.7. The second-order valence-corrected chi connectivity index (χ2v) is 7.25. The van der Waals surface area contributed by atoms with E-state index in [1.54, 1.807) is 18.4 Å². The van der Waals surface area contributed by atoms with Crippen molar-refractivity contribution in [3.8, 4) is 23.8 Å². The van der Waals surface area contributed by atoms with Crippen molar-refractivity contribution >= 4 is 40.1 Å². The molecule has 2 rings (SSSR count). The van der Waals surface area contributed by atoms with Crippen LogP contribution in [0, 0.1) is 12.3 Å². The molecule has 0 fully saturated rings. The lowest BCUT2D eigenvalue weighted by molar-refractivity contribution is 0.330. The number of hydrogen-bond donors (Lipinski definition) is 1. The van der Waals surface area contributed by atoms with Crippen LogP contribution < -0.4 is 14.8 Å². The zero-order chi connectivity index (χ0) is 17.4. The number of rotatable bonds is 8. The molecule has 1 aromatic carbocycles. The predicted octanol–water partition coefficient (Wildman–Crippen LogP) is 4.47. The van der Waals surface area contributed by atoms with Crippen LogP contribution in [-0.2, 0) is 13.0 Å². The number of hydrogen-bond acceptors (Lipinski definition) is 4. The second-order valence-electron chi connectivity index (χ2n) is 4.96. The lowest BCUT2D eigenvalue weighted by atomic mass is 10.1. The summed E-state index contributed by atoms with van der Waals surface area (Å²) in [6.07, 6.45) is 6.80. The third kappa shape index (κ3) is 5.72. The van der Waals surface area contributed by atoms with E-state index in [1.165, 1.54) is 4.88 Å². The Balaban J connectivity index is 1.84. The molecule has 0 amide bonds. The van der Waals surface area contributed by atoms with E-state index in [9.17, 15) is 0 Å². The Hall–Kier alpha value is -1.74. The molecule has 0 aliphatic carbocycles. The monoisotopic (exact) mass is 379 g/mol. The summed E-state index contributed by atoms with van der Waals surface area (Å²) in [6.45, 7) is 0.925. The predicted molar refractivity (Wildman–Crippen MR) is 104 cm³/mol. The summed E-state index contributed by atoms with van der Waals surface area (Å²) in [6, 6.07) is 9.71. The van der Waals surface area contributed by atoms with Gasteiger partial charge in [0.2, 0.25) is 0 Å². The first-order chi connectivity index (χ1) is 11.6. The molecule has 0 atom stereocenters. The minimum absolute atomic E-state index is 0.219. The normalized spacial score (nSPS) is 10.0. The number of halogens is 1. The van der Waals surface area contributed by atoms with Gasteiger partial charge in [-0.1, -0.05) is 35.8 Å². The molecular weight excluding hydrogens is 362 g/mol. The lowest BCUT2D eigenvalue weighted by Crippen LogP contribution is -2.20. The van der Waals surface area contributed by atoms with Crippen LogP contribution >= 0.6 is 35.2 Å². The average molecular weight is 380 g/mol. The van der Waals surface area contributed by atoms with Crippen molar-refractivity contribution in [1.82, 2.24) is 5.32 Å². The van der Waals surface area contributed by atoms with E-state index < -0.39 is 0 Å². The molecule has 3 nitrogen and oxygen atoms in total. The molecule has 1 aromatic heterocycles. The van der Waals surface area contributed by atoms with Gasteiger partial charge in [0, 0.05) is 17.8 Å². The summed E-state index contributed by atoms with van der Waals surface area (Å²) in [5.41, 5.74) is 1.13. The Labute approximate surface area is 156 Å². The quantitative estimate of drug-likeness (QED) is 0.541. The van der Waals surface area contributed by atoms with Crippen molar-refractivity contribution in [3.05, 3.63) is 45.1 Å². The molecule has 24 heavy (non-hydrogen) atoms. The number of ether oxygens (including phenoxy) is 2. The number of aryl methyl sites for hydroxylation is 1. The SMILES string of the molecule is C#CCOc1ccc(CCC(=S)NCc2ccc(Cl)s2)cc1OC. The second kappa shape index (κ2) is 9.53. The minimum atomic E-state index is 0.219. The van der Waals surface area contributed by atoms with Crippen LogP contribution in [0.2, 0.25) is 4.34 Å². The van der Waals surface area contributed by atoms with E-state index >= 15 is 0 Å². The third-order valence-electron chi connectivity index (χ3n) is 3.27. The molecular formula is C18H18ClNO2S2. The number of terminal acetylenes is 1. The Kier molecular flexibility index (Phi) is 7.38. The molecule has 0 bridgehead atoms. The topological polar surface area (TPSA) is 30.5 Å². The van der Waals surface area contributed by atoms with Crippen LogP contribution in [-0.4, -0.2) is 18.7 Å². The molecule has 2 aromatic rings. The maximum atomic E-state index is 5.91. The van der Waals surface area contributed by atoms with E-state index in [4.69, 9.17) is 39.7 Å². The number of nitrogens with one attached hydrogen (secondary N) is 1. The highest BCUT2D eigenvalue weighted by Crippen LogP contribution is 2.28. The summed E-state index contributed by atoms with van der Waals surface area (Å²) in [4.78, 5) is 1.99. The van der Waals surface area contributed by atoms with Crippen LogP contribution in [0.1, 0.15) is 16.9 Å². The fraction of sp³-hybridized carbons (Fsp3) is 0.278. The van der Waals surface area contributed by atoms with Crippen LogP contribution in [0.25, 0.3) is 0 Å². The largest absolute Gasteiger partial charge is 0.493 e. The van der Waals surface area contributed by atoms with Gasteiger partial charge in [-0.25, -0.2) is 0 Å². The summed E-state index contributed by atoms with van der Waals surface area (Å²) < 4.78 is 11.6. The minimum Gasteiger partial charge on any atom is -0.493 e. The van der Waals surface area contributed by atoms with Crippen molar-refractivity contribution in [2.45, 2.75) is 19.4 Å². The molecule has 1 N–H and O–H groups in total. The molecule has 126 valence electrons. The van der Waals surface area contributed by atoms with Crippen molar-refractivity contribution < 1.29 is 9.47 Å². The van der Waals surface area contributed by atoms with Gasteiger partial charge in [-0.15, -0.1) is 17.8 Å². The number of thiophene rings is 1. The number of thiocarbonyl (C=S) groups is 1. The Morgan fingerprint density at radius 1 is 1.33 bits per heavy atom. The third-order valence-corrected chi connectivity index (χ3v) is 4.85.